The molecular weight excluding hydrogens is 392 g/mol. The zero-order valence-electron chi connectivity index (χ0n) is 13.7. The normalized spacial score (nSPS) is 10.6. The van der Waals surface area contributed by atoms with Gasteiger partial charge in [-0.05, 0) is 12.1 Å². The molecule has 0 saturated heterocycles. The van der Waals surface area contributed by atoms with Crippen LogP contribution in [-0.2, 0) is 4.79 Å². The van der Waals surface area contributed by atoms with E-state index in [1.165, 1.54) is 22.9 Å². The van der Waals surface area contributed by atoms with Gasteiger partial charge in [-0.25, -0.2) is 4.68 Å². The fourth-order valence-corrected chi connectivity index (χ4v) is 3.06. The lowest BCUT2D eigenvalue weighted by atomic mass is 10.2. The van der Waals surface area contributed by atoms with E-state index in [0.29, 0.717) is 11.0 Å². The van der Waals surface area contributed by atoms with Crippen molar-refractivity contribution in [3.63, 3.8) is 0 Å². The van der Waals surface area contributed by atoms with Gasteiger partial charge in [0.2, 0.25) is 11.1 Å². The Hall–Kier alpha value is -3.11. The molecule has 9 nitrogen and oxygen atoms in total. The van der Waals surface area contributed by atoms with E-state index in [4.69, 9.17) is 17.4 Å². The summed E-state index contributed by atoms with van der Waals surface area (Å²) in [7, 11) is 0. The minimum Gasteiger partial charge on any atom is -0.335 e. The number of halogens is 1. The van der Waals surface area contributed by atoms with Crippen molar-refractivity contribution in [1.82, 2.24) is 14.9 Å². The second-order valence-electron chi connectivity index (χ2n) is 5.30. The lowest BCUT2D eigenvalue weighted by molar-refractivity contribution is -0.384. The Morgan fingerprint density at radius 2 is 2.00 bits per heavy atom. The molecule has 3 rings (SSSR count). The second kappa shape index (κ2) is 8.06. The molecule has 0 atom stereocenters. The van der Waals surface area contributed by atoms with Gasteiger partial charge < -0.3 is 11.2 Å². The first kappa shape index (κ1) is 18.7. The molecule has 138 valence electrons. The Kier molecular flexibility index (Phi) is 5.57. The molecule has 3 aromatic rings. The van der Waals surface area contributed by atoms with Crippen LogP contribution >= 0.6 is 23.4 Å². The minimum absolute atomic E-state index is 0.000543. The van der Waals surface area contributed by atoms with Gasteiger partial charge in [-0.2, -0.15) is 0 Å². The van der Waals surface area contributed by atoms with Gasteiger partial charge in [-0.1, -0.05) is 53.7 Å². The molecule has 0 radical (unpaired) electrons. The molecule has 3 N–H and O–H groups in total. The molecule has 0 saturated carbocycles. The highest BCUT2D eigenvalue weighted by atomic mass is 35.5. The van der Waals surface area contributed by atoms with Gasteiger partial charge >= 0.3 is 0 Å². The molecule has 0 aliphatic carbocycles. The van der Waals surface area contributed by atoms with Crippen molar-refractivity contribution in [2.75, 3.05) is 16.9 Å². The third-order valence-corrected chi connectivity index (χ3v) is 4.72. The van der Waals surface area contributed by atoms with E-state index in [2.05, 4.69) is 15.5 Å². The maximum Gasteiger partial charge on any atom is 0.289 e. The quantitative estimate of drug-likeness (QED) is 0.279. The van der Waals surface area contributed by atoms with Crippen molar-refractivity contribution < 1.29 is 9.72 Å². The largest absolute Gasteiger partial charge is 0.335 e. The molecule has 2 aromatic carbocycles. The first-order valence-electron chi connectivity index (χ1n) is 7.58. The van der Waals surface area contributed by atoms with Gasteiger partial charge in [0, 0.05) is 17.3 Å². The molecule has 11 heteroatoms. The van der Waals surface area contributed by atoms with E-state index in [0.717, 1.165) is 17.3 Å². The maximum absolute atomic E-state index is 12.1. The summed E-state index contributed by atoms with van der Waals surface area (Å²) >= 11 is 6.84. The average molecular weight is 405 g/mol. The summed E-state index contributed by atoms with van der Waals surface area (Å²) in [4.78, 5) is 22.4. The molecule has 0 bridgehead atoms. The third kappa shape index (κ3) is 4.36. The van der Waals surface area contributed by atoms with Crippen LogP contribution in [0.1, 0.15) is 0 Å². The summed E-state index contributed by atoms with van der Waals surface area (Å²) in [5.74, 6) is 6.10. The van der Waals surface area contributed by atoms with Crippen LogP contribution < -0.4 is 11.2 Å². The number of nitrogens with zero attached hydrogens (tertiary/aromatic N) is 4. The number of nitro benzene ring substituents is 1. The summed E-state index contributed by atoms with van der Waals surface area (Å²) in [5, 5.41) is 21.9. The predicted octanol–water partition coefficient (Wildman–Crippen LogP) is 2.95. The van der Waals surface area contributed by atoms with E-state index in [-0.39, 0.29) is 28.1 Å². The predicted molar refractivity (Wildman–Crippen MR) is 103 cm³/mol. The van der Waals surface area contributed by atoms with Crippen molar-refractivity contribution in [2.24, 2.45) is 0 Å². The van der Waals surface area contributed by atoms with Gasteiger partial charge in [0.15, 0.2) is 5.82 Å². The molecular formula is C16H13ClN6O3S. The molecule has 0 aliphatic heterocycles. The zero-order chi connectivity index (χ0) is 19.4. The molecule has 0 fully saturated rings. The Morgan fingerprint density at radius 1 is 1.26 bits per heavy atom. The number of hydrogen-bond acceptors (Lipinski definition) is 7. The Morgan fingerprint density at radius 3 is 2.70 bits per heavy atom. The first-order chi connectivity index (χ1) is 13.0. The topological polar surface area (TPSA) is 129 Å². The number of carbonyl (C=O) groups is 1. The smallest absolute Gasteiger partial charge is 0.289 e. The number of nitro groups is 1. The van der Waals surface area contributed by atoms with Gasteiger partial charge in [-0.3, -0.25) is 14.9 Å². The van der Waals surface area contributed by atoms with E-state index in [9.17, 15) is 14.9 Å². The lowest BCUT2D eigenvalue weighted by Gasteiger charge is -2.06. The summed E-state index contributed by atoms with van der Waals surface area (Å²) in [5.41, 5.74) is 0.796. The molecule has 0 aliphatic rings. The second-order valence-corrected chi connectivity index (χ2v) is 6.65. The van der Waals surface area contributed by atoms with Crippen LogP contribution in [0.4, 0.5) is 11.4 Å². The summed E-state index contributed by atoms with van der Waals surface area (Å²) in [6.45, 7) is 0. The Labute approximate surface area is 162 Å². The summed E-state index contributed by atoms with van der Waals surface area (Å²) < 4.78 is 1.31. The number of carbonyl (C=O) groups excluding carboxylic acids is 1. The molecule has 1 amide bonds. The molecule has 0 spiro atoms. The third-order valence-electron chi connectivity index (χ3n) is 3.46. The van der Waals surface area contributed by atoms with Gasteiger partial charge in [0.25, 0.3) is 5.69 Å². The highest BCUT2D eigenvalue weighted by Gasteiger charge is 2.16. The number of rotatable bonds is 6. The number of thioether (sulfide) groups is 1. The van der Waals surface area contributed by atoms with Gasteiger partial charge in [-0.15, -0.1) is 10.2 Å². The highest BCUT2D eigenvalue weighted by Crippen LogP contribution is 2.27. The highest BCUT2D eigenvalue weighted by molar-refractivity contribution is 7.99. The number of nitrogens with two attached hydrogens (primary N) is 1. The Balaban J connectivity index is 1.64. The lowest BCUT2D eigenvalue weighted by Crippen LogP contribution is -2.16. The number of amides is 1. The number of nitrogens with one attached hydrogen (secondary N) is 1. The number of nitrogen functional groups attached to an aromatic ring is 1. The minimum atomic E-state index is -0.616. The molecule has 1 heterocycles. The maximum atomic E-state index is 12.1. The van der Waals surface area contributed by atoms with E-state index >= 15 is 0 Å². The van der Waals surface area contributed by atoms with Gasteiger partial charge in [0.1, 0.15) is 5.02 Å². The van der Waals surface area contributed by atoms with Crippen molar-refractivity contribution in [2.45, 2.75) is 5.16 Å². The number of benzene rings is 2. The summed E-state index contributed by atoms with van der Waals surface area (Å²) in [6, 6.07) is 13.3. The van der Waals surface area contributed by atoms with Crippen molar-refractivity contribution in [1.29, 1.82) is 0 Å². The van der Waals surface area contributed by atoms with E-state index in [1.54, 1.807) is 0 Å². The van der Waals surface area contributed by atoms with Crippen LogP contribution in [0.25, 0.3) is 11.4 Å². The Bertz CT molecular complexity index is 995. The molecule has 1 aromatic heterocycles. The van der Waals surface area contributed by atoms with E-state index in [1.807, 2.05) is 30.3 Å². The fourth-order valence-electron chi connectivity index (χ4n) is 2.22. The standard InChI is InChI=1S/C16H13ClN6O3S/c17-12-7-6-11(8-13(12)23(25)26)19-14(24)9-27-16-21-20-15(22(16)18)10-4-2-1-3-5-10/h1-8H,9,18H2,(H,19,24). The SMILES string of the molecule is Nn1c(SCC(=O)Nc2ccc(Cl)c([N+](=O)[O-])c2)nnc1-c1ccccc1. The number of hydrogen-bond donors (Lipinski definition) is 2. The van der Waals surface area contributed by atoms with E-state index < -0.39 is 4.92 Å². The van der Waals surface area contributed by atoms with Gasteiger partial charge in [0.05, 0.1) is 10.7 Å². The van der Waals surface area contributed by atoms with Crippen LogP contribution in [0, 0.1) is 10.1 Å². The van der Waals surface area contributed by atoms with Crippen LogP contribution in [0.15, 0.2) is 53.7 Å². The molecule has 0 unspecified atom stereocenters. The number of aromatic nitrogens is 3. The average Bonchev–Trinajstić information content (AvgIpc) is 3.02. The monoisotopic (exact) mass is 404 g/mol. The first-order valence-corrected chi connectivity index (χ1v) is 8.94. The fraction of sp³-hybridized carbons (Fsp3) is 0.0625. The van der Waals surface area contributed by atoms with Crippen LogP contribution in [0.2, 0.25) is 5.02 Å². The van der Waals surface area contributed by atoms with Crippen LogP contribution in [-0.4, -0.2) is 31.5 Å². The number of anilines is 1. The van der Waals surface area contributed by atoms with Crippen molar-refractivity contribution in [3.8, 4) is 11.4 Å². The van der Waals surface area contributed by atoms with Crippen LogP contribution in [0.5, 0.6) is 0 Å². The van der Waals surface area contributed by atoms with Crippen molar-refractivity contribution >= 4 is 40.6 Å². The zero-order valence-corrected chi connectivity index (χ0v) is 15.3. The summed E-state index contributed by atoms with van der Waals surface area (Å²) in [6.07, 6.45) is 0. The van der Waals surface area contributed by atoms with Crippen molar-refractivity contribution in [3.05, 3.63) is 63.7 Å². The van der Waals surface area contributed by atoms with Crippen LogP contribution in [0.3, 0.4) is 0 Å². The molecule has 27 heavy (non-hydrogen) atoms.